The highest BCUT2D eigenvalue weighted by molar-refractivity contribution is 7.99. The smallest absolute Gasteiger partial charge is 0.278 e. The van der Waals surface area contributed by atoms with Crippen LogP contribution in [0.4, 0.5) is 0 Å². The fourth-order valence-corrected chi connectivity index (χ4v) is 4.60. The number of hydrogen-bond donors (Lipinski definition) is 2. The highest BCUT2D eigenvalue weighted by atomic mass is 32.2. The molecule has 31 heavy (non-hydrogen) atoms. The lowest BCUT2D eigenvalue weighted by Gasteiger charge is -2.13. The standard InChI is InChI=1S/C23H28N4O3S/c1-2-3-11-27-22(29)21-20(18(14-25-21)16-8-5-4-6-9-16)26-23(27)31-15-19(28)24-13-17-10-7-12-30-17/h4-6,8-9,14,17,25H,2-3,7,10-13,15H2,1H3,(H,24,28)/t17-/m0/s1. The first kappa shape index (κ1) is 21.6. The van der Waals surface area contributed by atoms with Crippen molar-refractivity contribution in [2.75, 3.05) is 18.9 Å². The number of carbonyl (C=O) groups is 1. The van der Waals surface area contributed by atoms with Gasteiger partial charge in [0, 0.05) is 31.5 Å². The fraction of sp³-hybridized carbons (Fsp3) is 0.435. The van der Waals surface area contributed by atoms with Gasteiger partial charge in [0.25, 0.3) is 5.56 Å². The summed E-state index contributed by atoms with van der Waals surface area (Å²) in [6.07, 6.45) is 5.82. The highest BCUT2D eigenvalue weighted by Crippen LogP contribution is 2.27. The van der Waals surface area contributed by atoms with Gasteiger partial charge in [-0.15, -0.1) is 0 Å². The number of carbonyl (C=O) groups excluding carboxylic acids is 1. The Labute approximate surface area is 185 Å². The maximum atomic E-state index is 13.2. The van der Waals surface area contributed by atoms with Gasteiger partial charge < -0.3 is 15.0 Å². The average molecular weight is 441 g/mol. The molecule has 2 N–H and O–H groups in total. The van der Waals surface area contributed by atoms with Crippen LogP contribution in [0.15, 0.2) is 46.5 Å². The van der Waals surface area contributed by atoms with Crippen LogP contribution in [0.3, 0.4) is 0 Å². The maximum Gasteiger partial charge on any atom is 0.278 e. The molecule has 164 valence electrons. The van der Waals surface area contributed by atoms with Crippen LogP contribution in [0.5, 0.6) is 0 Å². The van der Waals surface area contributed by atoms with Gasteiger partial charge in [-0.3, -0.25) is 14.2 Å². The zero-order valence-corrected chi connectivity index (χ0v) is 18.5. The molecule has 0 unspecified atom stereocenters. The van der Waals surface area contributed by atoms with Crippen molar-refractivity contribution in [3.05, 3.63) is 46.9 Å². The summed E-state index contributed by atoms with van der Waals surface area (Å²) in [4.78, 5) is 33.5. The van der Waals surface area contributed by atoms with E-state index in [9.17, 15) is 9.59 Å². The van der Waals surface area contributed by atoms with Crippen molar-refractivity contribution in [1.82, 2.24) is 19.9 Å². The number of amides is 1. The van der Waals surface area contributed by atoms with E-state index in [1.165, 1.54) is 11.8 Å². The third kappa shape index (κ3) is 5.02. The number of H-pyrrole nitrogens is 1. The Kier molecular flexibility index (Phi) is 7.09. The van der Waals surface area contributed by atoms with Crippen molar-refractivity contribution in [1.29, 1.82) is 0 Å². The maximum absolute atomic E-state index is 13.2. The molecule has 0 aliphatic carbocycles. The first-order chi connectivity index (χ1) is 15.2. The molecule has 1 saturated heterocycles. The minimum Gasteiger partial charge on any atom is -0.376 e. The Morgan fingerprint density at radius 1 is 1.35 bits per heavy atom. The number of ether oxygens (including phenoxy) is 1. The molecule has 3 heterocycles. The van der Waals surface area contributed by atoms with Crippen LogP contribution in [0, 0.1) is 0 Å². The molecule has 0 saturated carbocycles. The molecule has 1 amide bonds. The van der Waals surface area contributed by atoms with Crippen molar-refractivity contribution in [3.63, 3.8) is 0 Å². The zero-order valence-electron chi connectivity index (χ0n) is 17.7. The summed E-state index contributed by atoms with van der Waals surface area (Å²) >= 11 is 1.31. The number of aromatic amines is 1. The van der Waals surface area contributed by atoms with Crippen LogP contribution in [0.2, 0.25) is 0 Å². The molecule has 1 fully saturated rings. The van der Waals surface area contributed by atoms with Crippen LogP contribution < -0.4 is 10.9 Å². The first-order valence-electron chi connectivity index (χ1n) is 10.9. The van der Waals surface area contributed by atoms with E-state index < -0.39 is 0 Å². The van der Waals surface area contributed by atoms with Gasteiger partial charge in [0.2, 0.25) is 5.91 Å². The van der Waals surface area contributed by atoms with E-state index in [0.29, 0.717) is 29.3 Å². The molecule has 1 atom stereocenters. The van der Waals surface area contributed by atoms with E-state index in [1.807, 2.05) is 36.5 Å². The lowest BCUT2D eigenvalue weighted by Crippen LogP contribution is -2.33. The minimum absolute atomic E-state index is 0.0748. The molecule has 0 bridgehead atoms. The van der Waals surface area contributed by atoms with Crippen molar-refractivity contribution >= 4 is 28.7 Å². The number of thioether (sulfide) groups is 1. The number of benzene rings is 1. The van der Waals surface area contributed by atoms with Crippen molar-refractivity contribution in [2.45, 2.75) is 50.4 Å². The number of nitrogens with one attached hydrogen (secondary N) is 2. The number of nitrogens with zero attached hydrogens (tertiary/aromatic N) is 2. The number of aromatic nitrogens is 3. The van der Waals surface area contributed by atoms with Crippen molar-refractivity contribution in [2.24, 2.45) is 0 Å². The fourth-order valence-electron chi connectivity index (χ4n) is 3.75. The third-order valence-corrected chi connectivity index (χ3v) is 6.43. The van der Waals surface area contributed by atoms with Gasteiger partial charge in [0.1, 0.15) is 11.0 Å². The summed E-state index contributed by atoms with van der Waals surface area (Å²) in [6, 6.07) is 9.88. The van der Waals surface area contributed by atoms with Gasteiger partial charge in [0.05, 0.1) is 11.9 Å². The molecule has 8 heteroatoms. The van der Waals surface area contributed by atoms with Crippen LogP contribution in [-0.2, 0) is 16.1 Å². The number of unbranched alkanes of at least 4 members (excludes halogenated alkanes) is 1. The average Bonchev–Trinajstić information content (AvgIpc) is 3.46. The summed E-state index contributed by atoms with van der Waals surface area (Å²) in [5.74, 6) is 0.135. The van der Waals surface area contributed by atoms with Gasteiger partial charge in [-0.05, 0) is 24.8 Å². The van der Waals surface area contributed by atoms with Crippen molar-refractivity contribution in [3.8, 4) is 11.1 Å². The third-order valence-electron chi connectivity index (χ3n) is 5.45. The van der Waals surface area contributed by atoms with E-state index in [1.54, 1.807) is 4.57 Å². The van der Waals surface area contributed by atoms with Crippen LogP contribution in [0.1, 0.15) is 32.6 Å². The second-order valence-electron chi connectivity index (χ2n) is 7.72. The molecule has 1 aromatic carbocycles. The second kappa shape index (κ2) is 10.2. The molecule has 7 nitrogen and oxygen atoms in total. The van der Waals surface area contributed by atoms with Crippen LogP contribution in [-0.4, -0.2) is 45.5 Å². The molecule has 0 spiro atoms. The van der Waals surface area contributed by atoms with Gasteiger partial charge >= 0.3 is 0 Å². The Morgan fingerprint density at radius 2 is 2.19 bits per heavy atom. The molecule has 1 aliphatic heterocycles. The molecular formula is C23H28N4O3S. The topological polar surface area (TPSA) is 89.0 Å². The Balaban J connectivity index is 1.58. The Morgan fingerprint density at radius 3 is 2.94 bits per heavy atom. The van der Waals surface area contributed by atoms with Gasteiger partial charge in [-0.1, -0.05) is 55.4 Å². The van der Waals surface area contributed by atoms with E-state index in [2.05, 4.69) is 17.2 Å². The van der Waals surface area contributed by atoms with Crippen LogP contribution in [0.25, 0.3) is 22.2 Å². The second-order valence-corrected chi connectivity index (χ2v) is 8.67. The monoisotopic (exact) mass is 440 g/mol. The van der Waals surface area contributed by atoms with E-state index >= 15 is 0 Å². The SMILES string of the molecule is CCCCn1c(SCC(=O)NC[C@@H]2CCCO2)nc2c(-c3ccccc3)c[nH]c2c1=O. The summed E-state index contributed by atoms with van der Waals surface area (Å²) < 4.78 is 7.25. The first-order valence-corrected chi connectivity index (χ1v) is 11.8. The lowest BCUT2D eigenvalue weighted by atomic mass is 10.1. The normalized spacial score (nSPS) is 16.1. The van der Waals surface area contributed by atoms with Gasteiger partial charge in [0.15, 0.2) is 5.16 Å². The molecule has 1 aliphatic rings. The van der Waals surface area contributed by atoms with Gasteiger partial charge in [-0.25, -0.2) is 4.98 Å². The number of hydrogen-bond acceptors (Lipinski definition) is 5. The molecule has 3 aromatic rings. The lowest BCUT2D eigenvalue weighted by molar-refractivity contribution is -0.119. The quantitative estimate of drug-likeness (QED) is 0.392. The van der Waals surface area contributed by atoms with E-state index in [-0.39, 0.29) is 23.3 Å². The molecule has 2 aromatic heterocycles. The van der Waals surface area contributed by atoms with E-state index in [0.717, 1.165) is 43.4 Å². The number of rotatable bonds is 9. The molecule has 4 rings (SSSR count). The predicted molar refractivity (Wildman–Crippen MR) is 123 cm³/mol. The summed E-state index contributed by atoms with van der Waals surface area (Å²) in [6.45, 7) is 3.97. The highest BCUT2D eigenvalue weighted by Gasteiger charge is 2.19. The summed E-state index contributed by atoms with van der Waals surface area (Å²) in [7, 11) is 0. The Hall–Kier alpha value is -2.58. The van der Waals surface area contributed by atoms with E-state index in [4.69, 9.17) is 9.72 Å². The predicted octanol–water partition coefficient (Wildman–Crippen LogP) is 3.58. The molecular weight excluding hydrogens is 412 g/mol. The number of fused-ring (bicyclic) bond motifs is 1. The summed E-state index contributed by atoms with van der Waals surface area (Å²) in [5.41, 5.74) is 2.94. The zero-order chi connectivity index (χ0) is 21.6. The Bertz CT molecular complexity index is 1090. The van der Waals surface area contributed by atoms with Crippen LogP contribution >= 0.6 is 11.8 Å². The largest absolute Gasteiger partial charge is 0.376 e. The van der Waals surface area contributed by atoms with Crippen molar-refractivity contribution < 1.29 is 9.53 Å². The van der Waals surface area contributed by atoms with Gasteiger partial charge in [-0.2, -0.15) is 0 Å². The molecule has 0 radical (unpaired) electrons. The summed E-state index contributed by atoms with van der Waals surface area (Å²) in [5, 5.41) is 3.51. The minimum atomic E-state index is -0.0945.